The summed E-state index contributed by atoms with van der Waals surface area (Å²) in [5.41, 5.74) is 0.107. The standard InChI is InChI=1S/C11H15N3O/c1-11(9-5-3-4-6-12-9)10(15)14(2)8-7-13-11/h3-6,13H,7-8H2,1-2H3. The fraction of sp³-hybridized carbons (Fsp3) is 0.455. The average molecular weight is 205 g/mol. The lowest BCUT2D eigenvalue weighted by Gasteiger charge is -2.38. The lowest BCUT2D eigenvalue weighted by molar-refractivity contribution is -0.139. The van der Waals surface area contributed by atoms with Crippen LogP contribution in [-0.4, -0.2) is 35.9 Å². The number of hydrogen-bond donors (Lipinski definition) is 1. The third-order valence-corrected chi connectivity index (χ3v) is 2.88. The monoisotopic (exact) mass is 205 g/mol. The number of carbonyl (C=O) groups is 1. The smallest absolute Gasteiger partial charge is 0.248 e. The Balaban J connectivity index is 2.37. The highest BCUT2D eigenvalue weighted by Gasteiger charge is 2.40. The number of pyridine rings is 1. The van der Waals surface area contributed by atoms with Crippen LogP contribution < -0.4 is 5.32 Å². The molecule has 4 heteroatoms. The van der Waals surface area contributed by atoms with E-state index in [1.165, 1.54) is 0 Å². The summed E-state index contributed by atoms with van der Waals surface area (Å²) in [6, 6.07) is 5.63. The van der Waals surface area contributed by atoms with E-state index in [4.69, 9.17) is 0 Å². The van der Waals surface area contributed by atoms with Gasteiger partial charge < -0.3 is 4.90 Å². The molecule has 1 fully saturated rings. The first kappa shape index (κ1) is 10.1. The molecular weight excluding hydrogens is 190 g/mol. The van der Waals surface area contributed by atoms with Crippen LogP contribution in [0, 0.1) is 0 Å². The number of aromatic nitrogens is 1. The molecule has 0 bridgehead atoms. The minimum absolute atomic E-state index is 0.0763. The average Bonchev–Trinajstić information content (AvgIpc) is 2.27. The molecule has 1 atom stereocenters. The van der Waals surface area contributed by atoms with E-state index in [1.807, 2.05) is 32.2 Å². The number of nitrogens with zero attached hydrogens (tertiary/aromatic N) is 2. The molecule has 0 aromatic carbocycles. The number of hydrogen-bond acceptors (Lipinski definition) is 3. The van der Waals surface area contributed by atoms with E-state index in [0.717, 1.165) is 18.8 Å². The van der Waals surface area contributed by atoms with Gasteiger partial charge in [0.15, 0.2) is 0 Å². The Labute approximate surface area is 89.3 Å². The van der Waals surface area contributed by atoms with Crippen LogP contribution in [0.1, 0.15) is 12.6 Å². The zero-order valence-corrected chi connectivity index (χ0v) is 9.03. The molecule has 2 rings (SSSR count). The van der Waals surface area contributed by atoms with Gasteiger partial charge in [0, 0.05) is 26.3 Å². The molecule has 0 aliphatic carbocycles. The molecule has 1 N–H and O–H groups in total. The molecule has 1 unspecified atom stereocenters. The Bertz CT molecular complexity index is 365. The summed E-state index contributed by atoms with van der Waals surface area (Å²) in [7, 11) is 1.82. The van der Waals surface area contributed by atoms with Crippen LogP contribution in [0.25, 0.3) is 0 Å². The predicted octanol–water partition coefficient (Wildman–Crippen LogP) is 0.358. The molecule has 2 heterocycles. The van der Waals surface area contributed by atoms with Gasteiger partial charge in [-0.15, -0.1) is 0 Å². The van der Waals surface area contributed by atoms with Crippen molar-refractivity contribution >= 4 is 5.91 Å². The van der Waals surface area contributed by atoms with E-state index < -0.39 is 5.54 Å². The van der Waals surface area contributed by atoms with E-state index >= 15 is 0 Å². The van der Waals surface area contributed by atoms with Crippen molar-refractivity contribution in [1.29, 1.82) is 0 Å². The molecule has 0 saturated carbocycles. The maximum absolute atomic E-state index is 12.1. The Morgan fingerprint density at radius 2 is 2.33 bits per heavy atom. The first-order valence-corrected chi connectivity index (χ1v) is 5.07. The van der Waals surface area contributed by atoms with Crippen molar-refractivity contribution in [2.75, 3.05) is 20.1 Å². The fourth-order valence-corrected chi connectivity index (χ4v) is 1.89. The number of nitrogens with one attached hydrogen (secondary N) is 1. The van der Waals surface area contributed by atoms with Crippen LogP contribution >= 0.6 is 0 Å². The normalized spacial score (nSPS) is 26.8. The van der Waals surface area contributed by atoms with Gasteiger partial charge in [-0.2, -0.15) is 0 Å². The number of amides is 1. The van der Waals surface area contributed by atoms with Crippen molar-refractivity contribution in [3.63, 3.8) is 0 Å². The highest BCUT2D eigenvalue weighted by molar-refractivity contribution is 5.87. The summed E-state index contributed by atoms with van der Waals surface area (Å²) in [6.07, 6.45) is 1.71. The van der Waals surface area contributed by atoms with E-state index in [2.05, 4.69) is 10.3 Å². The Morgan fingerprint density at radius 1 is 1.53 bits per heavy atom. The second kappa shape index (κ2) is 3.62. The fourth-order valence-electron chi connectivity index (χ4n) is 1.89. The molecular formula is C11H15N3O. The minimum atomic E-state index is -0.672. The lowest BCUT2D eigenvalue weighted by Crippen LogP contribution is -2.59. The van der Waals surface area contributed by atoms with Gasteiger partial charge in [-0.05, 0) is 19.1 Å². The Morgan fingerprint density at radius 3 is 3.00 bits per heavy atom. The highest BCUT2D eigenvalue weighted by atomic mass is 16.2. The predicted molar refractivity (Wildman–Crippen MR) is 57.2 cm³/mol. The number of piperazine rings is 1. The summed E-state index contributed by atoms with van der Waals surface area (Å²) in [4.78, 5) is 18.1. The van der Waals surface area contributed by atoms with E-state index in [9.17, 15) is 4.79 Å². The third-order valence-electron chi connectivity index (χ3n) is 2.88. The van der Waals surface area contributed by atoms with Gasteiger partial charge in [-0.3, -0.25) is 15.1 Å². The van der Waals surface area contributed by atoms with Gasteiger partial charge in [0.05, 0.1) is 5.69 Å². The van der Waals surface area contributed by atoms with Crippen LogP contribution in [0.15, 0.2) is 24.4 Å². The SMILES string of the molecule is CN1CCNC(C)(c2ccccn2)C1=O. The van der Waals surface area contributed by atoms with Crippen LogP contribution in [-0.2, 0) is 10.3 Å². The summed E-state index contributed by atoms with van der Waals surface area (Å²) < 4.78 is 0. The molecule has 80 valence electrons. The second-order valence-electron chi connectivity index (χ2n) is 3.99. The first-order valence-electron chi connectivity index (χ1n) is 5.07. The van der Waals surface area contributed by atoms with Gasteiger partial charge in [-0.25, -0.2) is 0 Å². The van der Waals surface area contributed by atoms with Crippen LogP contribution in [0.4, 0.5) is 0 Å². The molecule has 1 amide bonds. The highest BCUT2D eigenvalue weighted by Crippen LogP contribution is 2.22. The summed E-state index contributed by atoms with van der Waals surface area (Å²) in [5, 5.41) is 3.24. The van der Waals surface area contributed by atoms with Crippen LogP contribution in [0.2, 0.25) is 0 Å². The van der Waals surface area contributed by atoms with Crippen molar-refractivity contribution in [3.05, 3.63) is 30.1 Å². The number of carbonyl (C=O) groups excluding carboxylic acids is 1. The largest absolute Gasteiger partial charge is 0.343 e. The molecule has 0 radical (unpaired) electrons. The van der Waals surface area contributed by atoms with Crippen LogP contribution in [0.3, 0.4) is 0 Å². The number of rotatable bonds is 1. The quantitative estimate of drug-likeness (QED) is 0.720. The lowest BCUT2D eigenvalue weighted by atomic mass is 9.93. The van der Waals surface area contributed by atoms with Gasteiger partial charge >= 0.3 is 0 Å². The third kappa shape index (κ3) is 1.61. The van der Waals surface area contributed by atoms with Crippen molar-refractivity contribution in [2.45, 2.75) is 12.5 Å². The minimum Gasteiger partial charge on any atom is -0.343 e. The van der Waals surface area contributed by atoms with Crippen molar-refractivity contribution in [1.82, 2.24) is 15.2 Å². The Kier molecular flexibility index (Phi) is 2.44. The molecule has 15 heavy (non-hydrogen) atoms. The topological polar surface area (TPSA) is 45.2 Å². The van der Waals surface area contributed by atoms with Gasteiger partial charge in [-0.1, -0.05) is 6.07 Å². The van der Waals surface area contributed by atoms with E-state index in [1.54, 1.807) is 11.1 Å². The Hall–Kier alpha value is -1.42. The summed E-state index contributed by atoms with van der Waals surface area (Å²) in [5.74, 6) is 0.0763. The van der Waals surface area contributed by atoms with Crippen LogP contribution in [0.5, 0.6) is 0 Å². The van der Waals surface area contributed by atoms with Crippen molar-refractivity contribution in [3.8, 4) is 0 Å². The maximum Gasteiger partial charge on any atom is 0.248 e. The maximum atomic E-state index is 12.1. The molecule has 1 saturated heterocycles. The zero-order valence-electron chi connectivity index (χ0n) is 9.03. The summed E-state index contributed by atoms with van der Waals surface area (Å²) in [6.45, 7) is 3.43. The van der Waals surface area contributed by atoms with Gasteiger partial charge in [0.1, 0.15) is 5.54 Å². The van der Waals surface area contributed by atoms with Gasteiger partial charge in [0.2, 0.25) is 5.91 Å². The number of likely N-dealkylation sites (N-methyl/N-ethyl adjacent to an activating group) is 1. The van der Waals surface area contributed by atoms with E-state index in [-0.39, 0.29) is 5.91 Å². The molecule has 1 aliphatic heterocycles. The molecule has 1 aromatic heterocycles. The summed E-state index contributed by atoms with van der Waals surface area (Å²) >= 11 is 0. The molecule has 4 nitrogen and oxygen atoms in total. The van der Waals surface area contributed by atoms with Crippen molar-refractivity contribution < 1.29 is 4.79 Å². The molecule has 1 aliphatic rings. The molecule has 0 spiro atoms. The second-order valence-corrected chi connectivity index (χ2v) is 3.99. The zero-order chi connectivity index (χ0) is 10.9. The van der Waals surface area contributed by atoms with Crippen molar-refractivity contribution in [2.24, 2.45) is 0 Å². The first-order chi connectivity index (χ1) is 7.14. The molecule has 1 aromatic rings. The van der Waals surface area contributed by atoms with Gasteiger partial charge in [0.25, 0.3) is 0 Å². The van der Waals surface area contributed by atoms with E-state index in [0.29, 0.717) is 0 Å².